The van der Waals surface area contributed by atoms with Gasteiger partial charge in [0.15, 0.2) is 5.76 Å². The summed E-state index contributed by atoms with van der Waals surface area (Å²) in [5.41, 5.74) is 0.355. The normalized spacial score (nSPS) is 18.7. The van der Waals surface area contributed by atoms with Gasteiger partial charge in [-0.05, 0) is 33.6 Å². The van der Waals surface area contributed by atoms with Crippen LogP contribution in [0.3, 0.4) is 0 Å². The van der Waals surface area contributed by atoms with Gasteiger partial charge < -0.3 is 4.52 Å². The Morgan fingerprint density at radius 2 is 2.10 bits per heavy atom. The predicted molar refractivity (Wildman–Crippen MR) is 73.0 cm³/mol. The molecule has 1 aliphatic rings. The Labute approximate surface area is 122 Å². The molecule has 1 atom stereocenters. The van der Waals surface area contributed by atoms with Gasteiger partial charge in [0.25, 0.3) is 0 Å². The molecule has 0 fully saturated rings. The molecular weight excluding hydrogens is 294 g/mol. The average Bonchev–Trinajstić information content (AvgIpc) is 2.92. The van der Waals surface area contributed by atoms with Gasteiger partial charge in [-0.3, -0.25) is 0 Å². The second-order valence-corrected chi connectivity index (χ2v) is 6.86. The van der Waals surface area contributed by atoms with Crippen molar-refractivity contribution in [1.82, 2.24) is 24.6 Å². The Morgan fingerprint density at radius 1 is 1.33 bits per heavy atom. The van der Waals surface area contributed by atoms with Crippen LogP contribution in [-0.2, 0) is 16.6 Å². The number of sulfonamides is 1. The summed E-state index contributed by atoms with van der Waals surface area (Å²) in [5.74, 6) is 1.59. The SMILES string of the molecule is Cc1nc2n(n1)CCC[C@@H]2NS(=O)(=O)c1c(C)noc1C. The second kappa shape index (κ2) is 4.92. The maximum atomic E-state index is 12.6. The van der Waals surface area contributed by atoms with Crippen LogP contribution in [0.25, 0.3) is 0 Å². The zero-order chi connectivity index (χ0) is 15.2. The highest BCUT2D eigenvalue weighted by Gasteiger charge is 2.31. The molecule has 0 unspecified atom stereocenters. The van der Waals surface area contributed by atoms with E-state index >= 15 is 0 Å². The van der Waals surface area contributed by atoms with Crippen molar-refractivity contribution in [2.24, 2.45) is 0 Å². The zero-order valence-corrected chi connectivity index (χ0v) is 12.9. The van der Waals surface area contributed by atoms with Gasteiger partial charge in [-0.1, -0.05) is 5.16 Å². The molecular formula is C12H17N5O3S. The average molecular weight is 311 g/mol. The van der Waals surface area contributed by atoms with E-state index in [1.54, 1.807) is 25.5 Å². The molecule has 0 saturated carbocycles. The van der Waals surface area contributed by atoms with Crippen molar-refractivity contribution in [2.45, 2.75) is 51.1 Å². The molecule has 114 valence electrons. The van der Waals surface area contributed by atoms with Gasteiger partial charge in [-0.15, -0.1) is 0 Å². The van der Waals surface area contributed by atoms with E-state index < -0.39 is 10.0 Å². The summed E-state index contributed by atoms with van der Waals surface area (Å²) in [4.78, 5) is 4.44. The lowest BCUT2D eigenvalue weighted by atomic mass is 10.1. The molecule has 0 amide bonds. The molecule has 0 spiro atoms. The molecule has 9 heteroatoms. The van der Waals surface area contributed by atoms with Crippen molar-refractivity contribution in [2.75, 3.05) is 0 Å². The monoisotopic (exact) mass is 311 g/mol. The number of hydrogen-bond acceptors (Lipinski definition) is 6. The molecule has 1 aliphatic heterocycles. The lowest BCUT2D eigenvalue weighted by Crippen LogP contribution is -2.33. The second-order valence-electron chi connectivity index (χ2n) is 5.21. The maximum absolute atomic E-state index is 12.6. The van der Waals surface area contributed by atoms with Crippen LogP contribution in [0.5, 0.6) is 0 Å². The molecule has 0 aromatic carbocycles. The molecule has 3 heterocycles. The number of aromatic nitrogens is 4. The molecule has 0 saturated heterocycles. The summed E-state index contributed by atoms with van der Waals surface area (Å²) in [7, 11) is -3.70. The minimum atomic E-state index is -3.70. The van der Waals surface area contributed by atoms with E-state index in [1.165, 1.54) is 0 Å². The fraction of sp³-hybridized carbons (Fsp3) is 0.583. The Balaban J connectivity index is 1.94. The number of nitrogens with zero attached hydrogens (tertiary/aromatic N) is 4. The summed E-state index contributed by atoms with van der Waals surface area (Å²) < 4.78 is 34.5. The van der Waals surface area contributed by atoms with E-state index in [0.29, 0.717) is 23.8 Å². The van der Waals surface area contributed by atoms with Crippen molar-refractivity contribution < 1.29 is 12.9 Å². The first-order valence-electron chi connectivity index (χ1n) is 6.75. The van der Waals surface area contributed by atoms with Crippen molar-refractivity contribution >= 4 is 10.0 Å². The number of fused-ring (bicyclic) bond motifs is 1. The van der Waals surface area contributed by atoms with Gasteiger partial charge in [-0.2, -0.15) is 5.10 Å². The largest absolute Gasteiger partial charge is 0.360 e. The highest BCUT2D eigenvalue weighted by Crippen LogP contribution is 2.27. The molecule has 2 aromatic rings. The van der Waals surface area contributed by atoms with Crippen LogP contribution in [-0.4, -0.2) is 28.3 Å². The van der Waals surface area contributed by atoms with Crippen LogP contribution in [0, 0.1) is 20.8 Å². The smallest absolute Gasteiger partial charge is 0.246 e. The van der Waals surface area contributed by atoms with Gasteiger partial charge in [0.05, 0.1) is 6.04 Å². The summed E-state index contributed by atoms with van der Waals surface area (Å²) in [6.07, 6.45) is 1.55. The fourth-order valence-corrected chi connectivity index (χ4v) is 4.24. The number of aryl methyl sites for hydroxylation is 4. The van der Waals surface area contributed by atoms with Crippen LogP contribution in [0.4, 0.5) is 0 Å². The number of rotatable bonds is 3. The first-order chi connectivity index (χ1) is 9.88. The fourth-order valence-electron chi connectivity index (χ4n) is 2.68. The van der Waals surface area contributed by atoms with Gasteiger partial charge >= 0.3 is 0 Å². The maximum Gasteiger partial charge on any atom is 0.246 e. The standard InChI is InChI=1S/C12H17N5O3S/c1-7-11(8(2)20-15-7)21(18,19)16-10-5-4-6-17-12(10)13-9(3)14-17/h10,16H,4-6H2,1-3H3/t10-/m0/s1. The minimum Gasteiger partial charge on any atom is -0.360 e. The van der Waals surface area contributed by atoms with Crippen molar-refractivity contribution in [3.63, 3.8) is 0 Å². The summed E-state index contributed by atoms with van der Waals surface area (Å²) >= 11 is 0. The minimum absolute atomic E-state index is 0.107. The van der Waals surface area contributed by atoms with E-state index in [9.17, 15) is 8.42 Å². The zero-order valence-electron chi connectivity index (χ0n) is 12.1. The van der Waals surface area contributed by atoms with Gasteiger partial charge in [0, 0.05) is 6.54 Å². The van der Waals surface area contributed by atoms with E-state index in [1.807, 2.05) is 0 Å². The number of hydrogen-bond donors (Lipinski definition) is 1. The predicted octanol–water partition coefficient (Wildman–Crippen LogP) is 1.00. The molecule has 0 radical (unpaired) electrons. The number of nitrogens with one attached hydrogen (secondary N) is 1. The lowest BCUT2D eigenvalue weighted by molar-refractivity contribution is 0.389. The van der Waals surface area contributed by atoms with E-state index in [0.717, 1.165) is 13.0 Å². The molecule has 3 rings (SSSR count). The van der Waals surface area contributed by atoms with Crippen LogP contribution >= 0.6 is 0 Å². The molecule has 0 aliphatic carbocycles. The van der Waals surface area contributed by atoms with Crippen molar-refractivity contribution in [3.05, 3.63) is 23.1 Å². The molecule has 8 nitrogen and oxygen atoms in total. The third-order valence-corrected chi connectivity index (χ3v) is 5.23. The van der Waals surface area contributed by atoms with Crippen molar-refractivity contribution in [3.8, 4) is 0 Å². The van der Waals surface area contributed by atoms with Crippen LogP contribution in [0.2, 0.25) is 0 Å². The van der Waals surface area contributed by atoms with E-state index in [4.69, 9.17) is 4.52 Å². The Bertz CT molecular complexity index is 757. The third-order valence-electron chi connectivity index (χ3n) is 3.51. The summed E-state index contributed by atoms with van der Waals surface area (Å²) in [5, 5.41) is 7.97. The quantitative estimate of drug-likeness (QED) is 0.907. The molecule has 2 aromatic heterocycles. The highest BCUT2D eigenvalue weighted by atomic mass is 32.2. The highest BCUT2D eigenvalue weighted by molar-refractivity contribution is 7.89. The van der Waals surface area contributed by atoms with E-state index in [-0.39, 0.29) is 16.7 Å². The van der Waals surface area contributed by atoms with Gasteiger partial charge in [-0.25, -0.2) is 22.8 Å². The van der Waals surface area contributed by atoms with Crippen LogP contribution in [0.15, 0.2) is 9.42 Å². The first-order valence-corrected chi connectivity index (χ1v) is 8.23. The Kier molecular flexibility index (Phi) is 3.33. The first kappa shape index (κ1) is 14.2. The summed E-state index contributed by atoms with van der Waals surface area (Å²) in [6.45, 7) is 5.76. The van der Waals surface area contributed by atoms with Crippen LogP contribution in [0.1, 0.15) is 42.0 Å². The molecule has 1 N–H and O–H groups in total. The molecule has 0 bridgehead atoms. The Morgan fingerprint density at radius 3 is 2.76 bits per heavy atom. The Hall–Kier alpha value is -1.74. The summed E-state index contributed by atoms with van der Waals surface area (Å²) in [6, 6.07) is -0.376. The van der Waals surface area contributed by atoms with Crippen LogP contribution < -0.4 is 4.72 Å². The molecule has 21 heavy (non-hydrogen) atoms. The lowest BCUT2D eigenvalue weighted by Gasteiger charge is -2.22. The van der Waals surface area contributed by atoms with Crippen molar-refractivity contribution in [1.29, 1.82) is 0 Å². The third kappa shape index (κ3) is 2.46. The van der Waals surface area contributed by atoms with E-state index in [2.05, 4.69) is 20.0 Å². The topological polar surface area (TPSA) is 103 Å². The van der Waals surface area contributed by atoms with Gasteiger partial charge in [0.2, 0.25) is 10.0 Å². The van der Waals surface area contributed by atoms with Gasteiger partial charge in [0.1, 0.15) is 22.2 Å².